The molecule has 0 bridgehead atoms. The second-order valence-corrected chi connectivity index (χ2v) is 2.61. The smallest absolute Gasteiger partial charge is 0.356 e. The van der Waals surface area contributed by atoms with Gasteiger partial charge >= 0.3 is 5.97 Å². The molecule has 0 aromatic carbocycles. The van der Waals surface area contributed by atoms with Crippen LogP contribution in [-0.4, -0.2) is 31.3 Å². The standard InChI is InChI=1S/C9H12N2O3/c1-13-4-5-14-9(12)8-3-2-7(10)6-11-8/h2-3,6H,4-5,10H2,1H3. The summed E-state index contributed by atoms with van der Waals surface area (Å²) in [7, 11) is 1.54. The highest BCUT2D eigenvalue weighted by molar-refractivity contribution is 5.87. The van der Waals surface area contributed by atoms with Crippen molar-refractivity contribution in [2.75, 3.05) is 26.1 Å². The molecule has 0 radical (unpaired) electrons. The second kappa shape index (κ2) is 5.18. The lowest BCUT2D eigenvalue weighted by Crippen LogP contribution is -2.11. The molecular weight excluding hydrogens is 184 g/mol. The summed E-state index contributed by atoms with van der Waals surface area (Å²) in [6, 6.07) is 3.12. The van der Waals surface area contributed by atoms with Crippen molar-refractivity contribution in [2.24, 2.45) is 0 Å². The maximum Gasteiger partial charge on any atom is 0.356 e. The maximum absolute atomic E-state index is 11.2. The summed E-state index contributed by atoms with van der Waals surface area (Å²) < 4.78 is 9.57. The van der Waals surface area contributed by atoms with Gasteiger partial charge in [0.15, 0.2) is 0 Å². The van der Waals surface area contributed by atoms with Gasteiger partial charge in [0.05, 0.1) is 18.5 Å². The monoisotopic (exact) mass is 196 g/mol. The molecular formula is C9H12N2O3. The van der Waals surface area contributed by atoms with Gasteiger partial charge in [-0.05, 0) is 12.1 Å². The largest absolute Gasteiger partial charge is 0.459 e. The number of nitrogens with two attached hydrogens (primary N) is 1. The van der Waals surface area contributed by atoms with Gasteiger partial charge in [0.2, 0.25) is 0 Å². The van der Waals surface area contributed by atoms with E-state index in [2.05, 4.69) is 4.98 Å². The molecule has 1 heterocycles. The van der Waals surface area contributed by atoms with E-state index in [0.717, 1.165) is 0 Å². The molecule has 0 unspecified atom stereocenters. The van der Waals surface area contributed by atoms with E-state index in [4.69, 9.17) is 15.2 Å². The Bertz CT molecular complexity index is 297. The van der Waals surface area contributed by atoms with Gasteiger partial charge in [0, 0.05) is 7.11 Å². The molecule has 0 aliphatic carbocycles. The number of carbonyl (C=O) groups is 1. The summed E-state index contributed by atoms with van der Waals surface area (Å²) in [5.41, 5.74) is 6.17. The Morgan fingerprint density at radius 3 is 2.86 bits per heavy atom. The second-order valence-electron chi connectivity index (χ2n) is 2.61. The Labute approximate surface area is 81.8 Å². The summed E-state index contributed by atoms with van der Waals surface area (Å²) >= 11 is 0. The third kappa shape index (κ3) is 3.02. The molecule has 5 nitrogen and oxygen atoms in total. The van der Waals surface area contributed by atoms with E-state index in [9.17, 15) is 4.79 Å². The molecule has 2 N–H and O–H groups in total. The number of nitrogen functional groups attached to an aromatic ring is 1. The normalized spacial score (nSPS) is 9.79. The maximum atomic E-state index is 11.2. The van der Waals surface area contributed by atoms with Crippen LogP contribution in [0.5, 0.6) is 0 Å². The van der Waals surface area contributed by atoms with Gasteiger partial charge in [-0.3, -0.25) is 0 Å². The molecule has 76 valence electrons. The van der Waals surface area contributed by atoms with Crippen molar-refractivity contribution in [3.63, 3.8) is 0 Å². The highest BCUT2D eigenvalue weighted by Gasteiger charge is 2.07. The van der Waals surface area contributed by atoms with E-state index >= 15 is 0 Å². The first-order chi connectivity index (χ1) is 6.74. The van der Waals surface area contributed by atoms with Crippen LogP contribution in [0.15, 0.2) is 18.3 Å². The van der Waals surface area contributed by atoms with Crippen molar-refractivity contribution in [2.45, 2.75) is 0 Å². The van der Waals surface area contributed by atoms with E-state index in [0.29, 0.717) is 12.3 Å². The summed E-state index contributed by atoms with van der Waals surface area (Å²) in [6.07, 6.45) is 1.41. The number of hydrogen-bond acceptors (Lipinski definition) is 5. The van der Waals surface area contributed by atoms with Crippen LogP contribution in [0.1, 0.15) is 10.5 Å². The number of ether oxygens (including phenoxy) is 2. The molecule has 14 heavy (non-hydrogen) atoms. The third-order valence-corrected chi connectivity index (χ3v) is 1.52. The van der Waals surface area contributed by atoms with E-state index in [1.54, 1.807) is 6.07 Å². The van der Waals surface area contributed by atoms with Crippen LogP contribution in [-0.2, 0) is 9.47 Å². The fourth-order valence-electron chi connectivity index (χ4n) is 0.818. The van der Waals surface area contributed by atoms with Crippen LogP contribution in [0.4, 0.5) is 5.69 Å². The van der Waals surface area contributed by atoms with Gasteiger partial charge < -0.3 is 15.2 Å². The minimum Gasteiger partial charge on any atom is -0.459 e. The molecule has 0 aliphatic heterocycles. The number of hydrogen-bond donors (Lipinski definition) is 1. The minimum absolute atomic E-state index is 0.224. The lowest BCUT2D eigenvalue weighted by molar-refractivity contribution is 0.0382. The lowest BCUT2D eigenvalue weighted by atomic mass is 10.3. The van der Waals surface area contributed by atoms with Crippen molar-refractivity contribution in [3.8, 4) is 0 Å². The Kier molecular flexibility index (Phi) is 3.87. The zero-order valence-electron chi connectivity index (χ0n) is 7.90. The third-order valence-electron chi connectivity index (χ3n) is 1.52. The SMILES string of the molecule is COCCOC(=O)c1ccc(N)cn1. The van der Waals surface area contributed by atoms with Crippen molar-refractivity contribution >= 4 is 11.7 Å². The molecule has 0 fully saturated rings. The molecule has 1 aromatic rings. The van der Waals surface area contributed by atoms with Gasteiger partial charge in [-0.25, -0.2) is 9.78 Å². The van der Waals surface area contributed by atoms with Crippen molar-refractivity contribution in [1.82, 2.24) is 4.98 Å². The van der Waals surface area contributed by atoms with Crippen LogP contribution in [0.25, 0.3) is 0 Å². The van der Waals surface area contributed by atoms with Gasteiger partial charge in [0.1, 0.15) is 12.3 Å². The molecule has 1 aromatic heterocycles. The number of rotatable bonds is 4. The van der Waals surface area contributed by atoms with Crippen LogP contribution in [0, 0.1) is 0 Å². The van der Waals surface area contributed by atoms with Crippen molar-refractivity contribution in [1.29, 1.82) is 0 Å². The van der Waals surface area contributed by atoms with Gasteiger partial charge in [-0.15, -0.1) is 0 Å². The Balaban J connectivity index is 2.48. The summed E-state index contributed by atoms with van der Waals surface area (Å²) in [6.45, 7) is 0.599. The number of carbonyl (C=O) groups excluding carboxylic acids is 1. The first kappa shape index (κ1) is 10.5. The molecule has 0 spiro atoms. The number of pyridine rings is 1. The first-order valence-corrected chi connectivity index (χ1v) is 4.11. The van der Waals surface area contributed by atoms with E-state index < -0.39 is 5.97 Å². The summed E-state index contributed by atoms with van der Waals surface area (Å²) in [5.74, 6) is -0.470. The highest BCUT2D eigenvalue weighted by Crippen LogP contribution is 2.02. The fourth-order valence-corrected chi connectivity index (χ4v) is 0.818. The quantitative estimate of drug-likeness (QED) is 0.559. The van der Waals surface area contributed by atoms with E-state index in [1.165, 1.54) is 19.4 Å². The Hall–Kier alpha value is -1.62. The van der Waals surface area contributed by atoms with Crippen LogP contribution in [0.2, 0.25) is 0 Å². The van der Waals surface area contributed by atoms with Crippen molar-refractivity contribution < 1.29 is 14.3 Å². The van der Waals surface area contributed by atoms with Gasteiger partial charge in [-0.2, -0.15) is 0 Å². The molecule has 5 heteroatoms. The highest BCUT2D eigenvalue weighted by atomic mass is 16.6. The molecule has 0 aliphatic rings. The number of anilines is 1. The topological polar surface area (TPSA) is 74.4 Å². The van der Waals surface area contributed by atoms with Gasteiger partial charge in [0.25, 0.3) is 0 Å². The Morgan fingerprint density at radius 2 is 2.29 bits per heavy atom. The minimum atomic E-state index is -0.470. The zero-order valence-corrected chi connectivity index (χ0v) is 7.90. The summed E-state index contributed by atoms with van der Waals surface area (Å²) in [4.78, 5) is 15.1. The first-order valence-electron chi connectivity index (χ1n) is 4.11. The molecule has 0 amide bonds. The zero-order chi connectivity index (χ0) is 10.4. The predicted molar refractivity (Wildman–Crippen MR) is 50.8 cm³/mol. The van der Waals surface area contributed by atoms with Crippen LogP contribution >= 0.6 is 0 Å². The molecule has 0 atom stereocenters. The number of aromatic nitrogens is 1. The molecule has 1 rings (SSSR count). The van der Waals surface area contributed by atoms with Crippen molar-refractivity contribution in [3.05, 3.63) is 24.0 Å². The predicted octanol–water partition coefficient (Wildman–Crippen LogP) is 0.467. The Morgan fingerprint density at radius 1 is 1.50 bits per heavy atom. The molecule has 0 saturated carbocycles. The summed E-state index contributed by atoms with van der Waals surface area (Å²) in [5, 5.41) is 0. The van der Waals surface area contributed by atoms with Crippen LogP contribution < -0.4 is 5.73 Å². The average Bonchev–Trinajstić information content (AvgIpc) is 2.19. The number of nitrogens with zero attached hydrogens (tertiary/aromatic N) is 1. The van der Waals surface area contributed by atoms with E-state index in [-0.39, 0.29) is 12.3 Å². The van der Waals surface area contributed by atoms with Gasteiger partial charge in [-0.1, -0.05) is 0 Å². The lowest BCUT2D eigenvalue weighted by Gasteiger charge is -2.02. The number of methoxy groups -OCH3 is 1. The average molecular weight is 196 g/mol. The fraction of sp³-hybridized carbons (Fsp3) is 0.333. The number of esters is 1. The van der Waals surface area contributed by atoms with Crippen LogP contribution in [0.3, 0.4) is 0 Å². The molecule has 0 saturated heterocycles. The van der Waals surface area contributed by atoms with E-state index in [1.807, 2.05) is 0 Å².